The Hall–Kier alpha value is -2.14. The second-order valence-corrected chi connectivity index (χ2v) is 11.2. The Kier molecular flexibility index (Phi) is 5.87. The van der Waals surface area contributed by atoms with E-state index in [0.717, 1.165) is 13.0 Å². The summed E-state index contributed by atoms with van der Waals surface area (Å²) in [6.45, 7) is 5.61. The van der Waals surface area contributed by atoms with Crippen LogP contribution in [-0.2, 0) is 21.2 Å². The number of benzene rings is 1. The van der Waals surface area contributed by atoms with E-state index in [1.54, 1.807) is 28.4 Å². The van der Waals surface area contributed by atoms with Gasteiger partial charge < -0.3 is 14.4 Å². The average Bonchev–Trinajstić information content (AvgIpc) is 3.30. The lowest BCUT2D eigenvalue weighted by Gasteiger charge is -2.37. The zero-order valence-corrected chi connectivity index (χ0v) is 19.7. The van der Waals surface area contributed by atoms with Gasteiger partial charge in [-0.1, -0.05) is 0 Å². The topological polar surface area (TPSA) is 79.4 Å². The summed E-state index contributed by atoms with van der Waals surface area (Å²) in [4.78, 5) is 18.5. The van der Waals surface area contributed by atoms with Crippen LogP contribution in [0.25, 0.3) is 0 Å². The van der Waals surface area contributed by atoms with Gasteiger partial charge in [-0.2, -0.15) is 4.31 Å². The smallest absolute Gasteiger partial charge is 0.243 e. The number of carbonyl (C=O) groups is 1. The third-order valence-electron chi connectivity index (χ3n) is 6.48. The first-order chi connectivity index (χ1) is 15.4. The predicted molar refractivity (Wildman–Crippen MR) is 121 cm³/mol. The summed E-state index contributed by atoms with van der Waals surface area (Å²) in [6, 6.07) is 7.10. The van der Waals surface area contributed by atoms with E-state index >= 15 is 0 Å². The molecule has 1 unspecified atom stereocenters. The van der Waals surface area contributed by atoms with Crippen molar-refractivity contribution in [2.24, 2.45) is 0 Å². The lowest BCUT2D eigenvalue weighted by atomic mass is 10.0. The Morgan fingerprint density at radius 1 is 1.06 bits per heavy atom. The van der Waals surface area contributed by atoms with Crippen LogP contribution in [-0.4, -0.2) is 80.9 Å². The van der Waals surface area contributed by atoms with Gasteiger partial charge in [-0.05, 0) is 42.5 Å². The van der Waals surface area contributed by atoms with Crippen molar-refractivity contribution >= 4 is 27.3 Å². The van der Waals surface area contributed by atoms with Crippen LogP contribution in [0.5, 0.6) is 11.5 Å². The second-order valence-electron chi connectivity index (χ2n) is 8.29. The monoisotopic (exact) mass is 477 g/mol. The number of thiophene rings is 1. The first kappa shape index (κ1) is 21.7. The number of hydrogen-bond acceptors (Lipinski definition) is 7. The van der Waals surface area contributed by atoms with Gasteiger partial charge in [0.05, 0.1) is 11.4 Å². The highest BCUT2D eigenvalue weighted by atomic mass is 32.2. The maximum absolute atomic E-state index is 13.1. The molecule has 32 heavy (non-hydrogen) atoms. The van der Waals surface area contributed by atoms with Crippen molar-refractivity contribution in [3.8, 4) is 11.5 Å². The van der Waals surface area contributed by atoms with E-state index in [0.29, 0.717) is 44.3 Å². The van der Waals surface area contributed by atoms with E-state index < -0.39 is 10.0 Å². The average molecular weight is 478 g/mol. The molecule has 2 aromatic rings. The van der Waals surface area contributed by atoms with Crippen LogP contribution in [0.2, 0.25) is 0 Å². The fourth-order valence-corrected chi connectivity index (χ4v) is 6.96. The summed E-state index contributed by atoms with van der Waals surface area (Å²) < 4.78 is 38.7. The van der Waals surface area contributed by atoms with Gasteiger partial charge in [-0.15, -0.1) is 11.3 Å². The molecule has 0 saturated carbocycles. The summed E-state index contributed by atoms with van der Waals surface area (Å²) in [5.74, 6) is 1.08. The van der Waals surface area contributed by atoms with Crippen LogP contribution in [0, 0.1) is 0 Å². The van der Waals surface area contributed by atoms with E-state index in [-0.39, 0.29) is 29.9 Å². The first-order valence-corrected chi connectivity index (χ1v) is 13.2. The number of carbonyl (C=O) groups excluding carboxylic acids is 1. The number of piperazine rings is 1. The number of amides is 1. The second kappa shape index (κ2) is 8.66. The molecule has 8 nitrogen and oxygen atoms in total. The van der Waals surface area contributed by atoms with E-state index in [4.69, 9.17) is 9.47 Å². The van der Waals surface area contributed by atoms with Gasteiger partial charge in [0.2, 0.25) is 15.9 Å². The van der Waals surface area contributed by atoms with Gasteiger partial charge in [-0.3, -0.25) is 9.69 Å². The maximum Gasteiger partial charge on any atom is 0.243 e. The summed E-state index contributed by atoms with van der Waals surface area (Å²) >= 11 is 1.79. The number of sulfonamides is 1. The molecule has 4 heterocycles. The van der Waals surface area contributed by atoms with Gasteiger partial charge in [0, 0.05) is 49.7 Å². The van der Waals surface area contributed by atoms with Crippen LogP contribution in [0.3, 0.4) is 0 Å². The van der Waals surface area contributed by atoms with Gasteiger partial charge in [0.1, 0.15) is 13.2 Å². The molecule has 1 fully saturated rings. The van der Waals surface area contributed by atoms with E-state index in [1.165, 1.54) is 20.8 Å². The third kappa shape index (κ3) is 4.00. The van der Waals surface area contributed by atoms with Crippen LogP contribution < -0.4 is 9.47 Å². The molecule has 10 heteroatoms. The molecule has 3 aliphatic heterocycles. The number of fused-ring (bicyclic) bond motifs is 2. The minimum Gasteiger partial charge on any atom is -0.486 e. The number of ether oxygens (including phenoxy) is 2. The van der Waals surface area contributed by atoms with Crippen LogP contribution >= 0.6 is 11.3 Å². The van der Waals surface area contributed by atoms with Crippen molar-refractivity contribution < 1.29 is 22.7 Å². The largest absolute Gasteiger partial charge is 0.486 e. The Morgan fingerprint density at radius 2 is 1.81 bits per heavy atom. The fourth-order valence-electron chi connectivity index (χ4n) is 4.56. The van der Waals surface area contributed by atoms with Gasteiger partial charge in [0.25, 0.3) is 0 Å². The molecule has 0 radical (unpaired) electrons. The Balaban J connectivity index is 1.20. The molecule has 1 aromatic heterocycles. The fraction of sp³-hybridized carbons (Fsp3) is 0.500. The van der Waals surface area contributed by atoms with Crippen molar-refractivity contribution in [3.63, 3.8) is 0 Å². The Bertz CT molecular complexity index is 1110. The molecule has 1 amide bonds. The van der Waals surface area contributed by atoms with Crippen molar-refractivity contribution in [1.82, 2.24) is 14.1 Å². The molecular weight excluding hydrogens is 450 g/mol. The SMILES string of the molecule is CC1c2ccsc2CCN1CC(=O)N1CCN(S(=O)(=O)c2ccc3c(c2)OCCO3)CC1. The lowest BCUT2D eigenvalue weighted by Crippen LogP contribution is -2.53. The Labute approximate surface area is 192 Å². The molecule has 0 spiro atoms. The zero-order chi connectivity index (χ0) is 22.3. The van der Waals surface area contributed by atoms with Crippen molar-refractivity contribution in [1.29, 1.82) is 0 Å². The van der Waals surface area contributed by atoms with Crippen LogP contribution in [0.1, 0.15) is 23.4 Å². The molecule has 3 aliphatic rings. The van der Waals surface area contributed by atoms with Crippen LogP contribution in [0.4, 0.5) is 0 Å². The lowest BCUT2D eigenvalue weighted by molar-refractivity contribution is -0.134. The van der Waals surface area contributed by atoms with Crippen LogP contribution in [0.15, 0.2) is 34.5 Å². The summed E-state index contributed by atoms with van der Waals surface area (Å²) in [7, 11) is -3.66. The summed E-state index contributed by atoms with van der Waals surface area (Å²) in [5.41, 5.74) is 1.32. The molecule has 1 atom stereocenters. The number of rotatable bonds is 4. The van der Waals surface area contributed by atoms with Crippen molar-refractivity contribution in [2.75, 3.05) is 52.5 Å². The van der Waals surface area contributed by atoms with Crippen molar-refractivity contribution in [3.05, 3.63) is 40.1 Å². The van der Waals surface area contributed by atoms with Gasteiger partial charge >= 0.3 is 0 Å². The molecule has 0 aliphatic carbocycles. The molecule has 172 valence electrons. The Morgan fingerprint density at radius 3 is 2.59 bits per heavy atom. The zero-order valence-electron chi connectivity index (χ0n) is 18.0. The van der Waals surface area contributed by atoms with Crippen molar-refractivity contribution in [2.45, 2.75) is 24.3 Å². The minimum atomic E-state index is -3.66. The summed E-state index contributed by atoms with van der Waals surface area (Å²) in [6.07, 6.45) is 0.978. The van der Waals surface area contributed by atoms with Gasteiger partial charge in [0.15, 0.2) is 11.5 Å². The quantitative estimate of drug-likeness (QED) is 0.670. The number of hydrogen-bond donors (Lipinski definition) is 0. The number of nitrogens with zero attached hydrogens (tertiary/aromatic N) is 3. The van der Waals surface area contributed by atoms with E-state index in [1.807, 2.05) is 0 Å². The molecule has 5 rings (SSSR count). The molecular formula is C22H27N3O5S2. The van der Waals surface area contributed by atoms with E-state index in [2.05, 4.69) is 23.3 Å². The highest BCUT2D eigenvalue weighted by Gasteiger charge is 2.33. The standard InChI is InChI=1S/C22H27N3O5S2/c1-16-18-5-13-31-21(18)4-6-24(16)15-22(26)23-7-9-25(10-8-23)32(27,28)17-2-3-19-20(14-17)30-12-11-29-19/h2-3,5,13-14,16H,4,6-12,15H2,1H3. The predicted octanol–water partition coefficient (Wildman–Crippen LogP) is 1.97. The molecule has 1 saturated heterocycles. The normalized spacial score (nSPS) is 21.9. The highest BCUT2D eigenvalue weighted by Crippen LogP contribution is 2.34. The minimum absolute atomic E-state index is 0.0620. The highest BCUT2D eigenvalue weighted by molar-refractivity contribution is 7.89. The molecule has 0 N–H and O–H groups in total. The molecule has 1 aromatic carbocycles. The maximum atomic E-state index is 13.1. The third-order valence-corrected chi connectivity index (χ3v) is 9.38. The molecule has 0 bridgehead atoms. The van der Waals surface area contributed by atoms with E-state index in [9.17, 15) is 13.2 Å². The summed E-state index contributed by atoms with van der Waals surface area (Å²) in [5, 5.41) is 2.12. The first-order valence-electron chi connectivity index (χ1n) is 10.9. The van der Waals surface area contributed by atoms with Gasteiger partial charge in [-0.25, -0.2) is 8.42 Å².